The SMILES string of the molecule is Cc1nn(Cc2cn(C)nn2)c(C)c1CCNC(C)C. The molecule has 6 nitrogen and oxygen atoms in total. The molecule has 6 heteroatoms. The largest absolute Gasteiger partial charge is 0.314 e. The summed E-state index contributed by atoms with van der Waals surface area (Å²) < 4.78 is 3.73. The van der Waals surface area contributed by atoms with E-state index in [1.54, 1.807) is 4.68 Å². The van der Waals surface area contributed by atoms with Crippen LogP contribution in [0.1, 0.15) is 36.5 Å². The van der Waals surface area contributed by atoms with Crippen molar-refractivity contribution in [2.24, 2.45) is 7.05 Å². The van der Waals surface area contributed by atoms with E-state index in [9.17, 15) is 0 Å². The van der Waals surface area contributed by atoms with E-state index in [-0.39, 0.29) is 0 Å². The predicted octanol–water partition coefficient (Wildman–Crippen LogP) is 1.22. The van der Waals surface area contributed by atoms with Crippen LogP contribution in [-0.4, -0.2) is 37.4 Å². The second kappa shape index (κ2) is 6.17. The molecule has 2 heterocycles. The van der Waals surface area contributed by atoms with Gasteiger partial charge in [0.2, 0.25) is 0 Å². The van der Waals surface area contributed by atoms with Crippen molar-refractivity contribution in [1.29, 1.82) is 0 Å². The number of rotatable bonds is 6. The van der Waals surface area contributed by atoms with Gasteiger partial charge < -0.3 is 5.32 Å². The number of aryl methyl sites for hydroxylation is 2. The molecule has 0 saturated heterocycles. The first-order valence-electron chi connectivity index (χ1n) is 7.09. The van der Waals surface area contributed by atoms with Crippen molar-refractivity contribution in [2.75, 3.05) is 6.54 Å². The maximum atomic E-state index is 4.62. The molecule has 0 aliphatic rings. The normalized spacial score (nSPS) is 11.5. The second-order valence-electron chi connectivity index (χ2n) is 5.55. The second-order valence-corrected chi connectivity index (χ2v) is 5.55. The lowest BCUT2D eigenvalue weighted by molar-refractivity contribution is 0.588. The summed E-state index contributed by atoms with van der Waals surface area (Å²) in [4.78, 5) is 0. The van der Waals surface area contributed by atoms with E-state index in [1.807, 2.05) is 17.9 Å². The molecule has 0 bridgehead atoms. The van der Waals surface area contributed by atoms with Crippen LogP contribution in [0.3, 0.4) is 0 Å². The minimum atomic E-state index is 0.519. The highest BCUT2D eigenvalue weighted by atomic mass is 15.4. The standard InChI is InChI=1S/C14H24N6/c1-10(2)15-7-6-14-11(3)17-20(12(14)4)9-13-8-19(5)18-16-13/h8,10,15H,6-7,9H2,1-5H3. The highest BCUT2D eigenvalue weighted by Gasteiger charge is 2.12. The van der Waals surface area contributed by atoms with Crippen LogP contribution in [0.15, 0.2) is 6.20 Å². The molecule has 0 atom stereocenters. The zero-order valence-corrected chi connectivity index (χ0v) is 13.0. The summed E-state index contributed by atoms with van der Waals surface area (Å²) in [5.74, 6) is 0. The van der Waals surface area contributed by atoms with Crippen LogP contribution in [0.25, 0.3) is 0 Å². The Kier molecular flexibility index (Phi) is 4.54. The quantitative estimate of drug-likeness (QED) is 0.861. The van der Waals surface area contributed by atoms with Crippen molar-refractivity contribution < 1.29 is 0 Å². The van der Waals surface area contributed by atoms with Gasteiger partial charge in [-0.25, -0.2) is 0 Å². The van der Waals surface area contributed by atoms with E-state index >= 15 is 0 Å². The molecule has 2 rings (SSSR count). The molecule has 0 fully saturated rings. The van der Waals surface area contributed by atoms with Crippen molar-refractivity contribution in [3.05, 3.63) is 28.8 Å². The lowest BCUT2D eigenvalue weighted by Crippen LogP contribution is -2.25. The van der Waals surface area contributed by atoms with Crippen LogP contribution in [0, 0.1) is 13.8 Å². The topological polar surface area (TPSA) is 60.6 Å². The molecule has 2 aromatic heterocycles. The van der Waals surface area contributed by atoms with Crippen molar-refractivity contribution in [3.8, 4) is 0 Å². The molecule has 0 unspecified atom stereocenters. The molecular formula is C14H24N6. The molecule has 0 aliphatic heterocycles. The summed E-state index contributed by atoms with van der Waals surface area (Å²) in [7, 11) is 1.88. The lowest BCUT2D eigenvalue weighted by Gasteiger charge is -2.08. The van der Waals surface area contributed by atoms with E-state index < -0.39 is 0 Å². The smallest absolute Gasteiger partial charge is 0.104 e. The molecule has 0 aromatic carbocycles. The van der Waals surface area contributed by atoms with Gasteiger partial charge in [-0.3, -0.25) is 9.36 Å². The molecular weight excluding hydrogens is 252 g/mol. The van der Waals surface area contributed by atoms with Gasteiger partial charge in [-0.05, 0) is 32.4 Å². The Morgan fingerprint density at radius 3 is 2.65 bits per heavy atom. The molecule has 20 heavy (non-hydrogen) atoms. The van der Waals surface area contributed by atoms with Crippen molar-refractivity contribution in [2.45, 2.75) is 46.7 Å². The molecule has 0 saturated carbocycles. The van der Waals surface area contributed by atoms with E-state index in [1.165, 1.54) is 11.3 Å². The fraction of sp³-hybridized carbons (Fsp3) is 0.643. The molecule has 0 radical (unpaired) electrons. The van der Waals surface area contributed by atoms with E-state index in [2.05, 4.69) is 48.4 Å². The highest BCUT2D eigenvalue weighted by molar-refractivity contribution is 5.25. The Bertz CT molecular complexity index is 566. The molecule has 0 aliphatic carbocycles. The Balaban J connectivity index is 2.08. The van der Waals surface area contributed by atoms with E-state index in [4.69, 9.17) is 0 Å². The first kappa shape index (κ1) is 14.7. The summed E-state index contributed by atoms with van der Waals surface area (Å²) in [6, 6.07) is 0.519. The van der Waals surface area contributed by atoms with Crippen LogP contribution in [0.4, 0.5) is 0 Å². The lowest BCUT2D eigenvalue weighted by atomic mass is 10.1. The third-order valence-corrected chi connectivity index (χ3v) is 3.42. The molecule has 2 aromatic rings. The Morgan fingerprint density at radius 1 is 1.30 bits per heavy atom. The minimum Gasteiger partial charge on any atom is -0.314 e. The first-order chi connectivity index (χ1) is 9.47. The van der Waals surface area contributed by atoms with Crippen LogP contribution in [-0.2, 0) is 20.0 Å². The molecule has 110 valence electrons. The zero-order valence-electron chi connectivity index (χ0n) is 13.0. The molecule has 0 spiro atoms. The van der Waals surface area contributed by atoms with Gasteiger partial charge >= 0.3 is 0 Å². The first-order valence-corrected chi connectivity index (χ1v) is 7.09. The Labute approximate surface area is 120 Å². The van der Waals surface area contributed by atoms with Gasteiger partial charge in [0.05, 0.1) is 12.2 Å². The van der Waals surface area contributed by atoms with Gasteiger partial charge in [0.15, 0.2) is 0 Å². The third kappa shape index (κ3) is 3.45. The monoisotopic (exact) mass is 276 g/mol. The molecule has 0 amide bonds. The van der Waals surface area contributed by atoms with Crippen molar-refractivity contribution in [3.63, 3.8) is 0 Å². The summed E-state index contributed by atoms with van der Waals surface area (Å²) >= 11 is 0. The van der Waals surface area contributed by atoms with Gasteiger partial charge in [-0.1, -0.05) is 19.1 Å². The average molecular weight is 276 g/mol. The zero-order chi connectivity index (χ0) is 14.7. The number of nitrogens with one attached hydrogen (secondary N) is 1. The summed E-state index contributed by atoms with van der Waals surface area (Å²) in [5, 5.41) is 16.1. The summed E-state index contributed by atoms with van der Waals surface area (Å²) in [6.07, 6.45) is 2.94. The highest BCUT2D eigenvalue weighted by Crippen LogP contribution is 2.14. The van der Waals surface area contributed by atoms with Gasteiger partial charge in [0.25, 0.3) is 0 Å². The number of hydrogen-bond donors (Lipinski definition) is 1. The number of nitrogens with zero attached hydrogens (tertiary/aromatic N) is 5. The summed E-state index contributed by atoms with van der Waals surface area (Å²) in [5.41, 5.74) is 4.60. The third-order valence-electron chi connectivity index (χ3n) is 3.42. The summed E-state index contributed by atoms with van der Waals surface area (Å²) in [6.45, 7) is 10.2. The van der Waals surface area contributed by atoms with Crippen molar-refractivity contribution >= 4 is 0 Å². The molecule has 1 N–H and O–H groups in total. The Morgan fingerprint density at radius 2 is 2.05 bits per heavy atom. The van der Waals surface area contributed by atoms with Gasteiger partial charge in [-0.2, -0.15) is 5.10 Å². The average Bonchev–Trinajstić information content (AvgIpc) is 2.88. The van der Waals surface area contributed by atoms with Gasteiger partial charge in [0.1, 0.15) is 5.69 Å². The van der Waals surface area contributed by atoms with Crippen LogP contribution in [0.2, 0.25) is 0 Å². The fourth-order valence-electron chi connectivity index (χ4n) is 2.36. The fourth-order valence-corrected chi connectivity index (χ4v) is 2.36. The van der Waals surface area contributed by atoms with Crippen LogP contribution in [0.5, 0.6) is 0 Å². The Hall–Kier alpha value is -1.69. The minimum absolute atomic E-state index is 0.519. The van der Waals surface area contributed by atoms with Crippen LogP contribution < -0.4 is 5.32 Å². The van der Waals surface area contributed by atoms with Gasteiger partial charge in [-0.15, -0.1) is 5.10 Å². The number of aromatic nitrogens is 5. The maximum absolute atomic E-state index is 4.62. The number of hydrogen-bond acceptors (Lipinski definition) is 4. The van der Waals surface area contributed by atoms with E-state index in [0.29, 0.717) is 12.6 Å². The van der Waals surface area contributed by atoms with Crippen LogP contribution >= 0.6 is 0 Å². The van der Waals surface area contributed by atoms with Crippen molar-refractivity contribution in [1.82, 2.24) is 30.1 Å². The predicted molar refractivity (Wildman–Crippen MR) is 78.6 cm³/mol. The van der Waals surface area contributed by atoms with E-state index in [0.717, 1.165) is 24.4 Å². The van der Waals surface area contributed by atoms with Gasteiger partial charge in [0, 0.05) is 25.0 Å². The maximum Gasteiger partial charge on any atom is 0.104 e.